The molecule has 1 heterocycles. The Hall–Kier alpha value is -1.35. The van der Waals surface area contributed by atoms with E-state index in [1.807, 2.05) is 30.9 Å². The molecule has 1 fully saturated rings. The van der Waals surface area contributed by atoms with Crippen LogP contribution in [-0.4, -0.2) is 36.6 Å². The summed E-state index contributed by atoms with van der Waals surface area (Å²) in [5.41, 5.74) is 3.08. The van der Waals surface area contributed by atoms with Gasteiger partial charge in [0.05, 0.1) is 12.7 Å². The zero-order chi connectivity index (χ0) is 13.8. The lowest BCUT2D eigenvalue weighted by molar-refractivity contribution is -0.0250. The zero-order valence-electron chi connectivity index (χ0n) is 12.1. The molecule has 19 heavy (non-hydrogen) atoms. The highest BCUT2D eigenvalue weighted by molar-refractivity contribution is 5.95. The summed E-state index contributed by atoms with van der Waals surface area (Å²) in [5, 5.41) is 0. The van der Waals surface area contributed by atoms with Crippen molar-refractivity contribution in [3.05, 3.63) is 34.9 Å². The Balaban J connectivity index is 2.10. The van der Waals surface area contributed by atoms with Gasteiger partial charge in [-0.1, -0.05) is 31.0 Å². The smallest absolute Gasteiger partial charge is 0.254 e. The molecule has 3 heteroatoms. The van der Waals surface area contributed by atoms with E-state index in [2.05, 4.69) is 13.0 Å². The molecule has 0 aliphatic carbocycles. The van der Waals surface area contributed by atoms with Gasteiger partial charge in [-0.2, -0.15) is 0 Å². The van der Waals surface area contributed by atoms with Gasteiger partial charge in [-0.15, -0.1) is 0 Å². The van der Waals surface area contributed by atoms with Crippen LogP contribution in [0.15, 0.2) is 18.2 Å². The molecule has 3 nitrogen and oxygen atoms in total. The average molecular weight is 261 g/mol. The minimum atomic E-state index is 0.141. The van der Waals surface area contributed by atoms with E-state index in [1.165, 1.54) is 5.56 Å². The Morgan fingerprint density at radius 1 is 1.42 bits per heavy atom. The van der Waals surface area contributed by atoms with E-state index in [4.69, 9.17) is 4.74 Å². The molecule has 0 aromatic heterocycles. The molecule has 0 spiro atoms. The molecular formula is C16H23NO2. The molecule has 0 saturated carbocycles. The second-order valence-electron chi connectivity index (χ2n) is 5.35. The standard InChI is InChI=1S/C16H23NO2/c1-4-5-14-11-17(8-9-19-14)16(18)15-7-6-12(2)10-13(15)3/h6-7,10,14H,4-5,8-9,11H2,1-3H3/t14-/m1/s1. The molecule has 1 aliphatic heterocycles. The fourth-order valence-corrected chi connectivity index (χ4v) is 2.62. The Morgan fingerprint density at radius 3 is 2.89 bits per heavy atom. The first-order valence-corrected chi connectivity index (χ1v) is 7.10. The van der Waals surface area contributed by atoms with Gasteiger partial charge >= 0.3 is 0 Å². The highest BCUT2D eigenvalue weighted by Crippen LogP contribution is 2.17. The number of aryl methyl sites for hydroxylation is 2. The highest BCUT2D eigenvalue weighted by atomic mass is 16.5. The molecule has 1 atom stereocenters. The number of carbonyl (C=O) groups is 1. The third-order valence-corrected chi connectivity index (χ3v) is 3.65. The fraction of sp³-hybridized carbons (Fsp3) is 0.562. The lowest BCUT2D eigenvalue weighted by Gasteiger charge is -2.33. The molecule has 1 aromatic rings. The number of hydrogen-bond acceptors (Lipinski definition) is 2. The van der Waals surface area contributed by atoms with Crippen LogP contribution in [0, 0.1) is 13.8 Å². The van der Waals surface area contributed by atoms with Crippen LogP contribution in [0.1, 0.15) is 41.3 Å². The maximum atomic E-state index is 12.6. The number of carbonyl (C=O) groups excluding carboxylic acids is 1. The molecule has 1 aliphatic rings. The van der Waals surface area contributed by atoms with Crippen LogP contribution in [0.3, 0.4) is 0 Å². The van der Waals surface area contributed by atoms with Gasteiger partial charge in [0, 0.05) is 18.7 Å². The normalized spacial score (nSPS) is 19.5. The maximum absolute atomic E-state index is 12.6. The van der Waals surface area contributed by atoms with Gasteiger partial charge in [0.1, 0.15) is 0 Å². The van der Waals surface area contributed by atoms with Crippen LogP contribution in [0.25, 0.3) is 0 Å². The second-order valence-corrected chi connectivity index (χ2v) is 5.35. The van der Waals surface area contributed by atoms with Gasteiger partial charge in [0.2, 0.25) is 0 Å². The SMILES string of the molecule is CCC[C@@H]1CN(C(=O)c2ccc(C)cc2C)CCO1. The zero-order valence-corrected chi connectivity index (χ0v) is 12.1. The molecular weight excluding hydrogens is 238 g/mol. The highest BCUT2D eigenvalue weighted by Gasteiger charge is 2.25. The first-order valence-electron chi connectivity index (χ1n) is 7.10. The van der Waals surface area contributed by atoms with Crippen LogP contribution in [-0.2, 0) is 4.74 Å². The largest absolute Gasteiger partial charge is 0.375 e. The van der Waals surface area contributed by atoms with Crippen LogP contribution in [0.2, 0.25) is 0 Å². The third kappa shape index (κ3) is 3.35. The Bertz CT molecular complexity index is 454. The summed E-state index contributed by atoms with van der Waals surface area (Å²) in [6.07, 6.45) is 2.32. The number of morpholine rings is 1. The van der Waals surface area contributed by atoms with Crippen molar-refractivity contribution in [3.63, 3.8) is 0 Å². The topological polar surface area (TPSA) is 29.5 Å². The van der Waals surface area contributed by atoms with E-state index in [0.717, 1.165) is 30.5 Å². The summed E-state index contributed by atoms with van der Waals surface area (Å²) in [6.45, 7) is 8.28. The number of benzene rings is 1. The lowest BCUT2D eigenvalue weighted by atomic mass is 10.0. The van der Waals surface area contributed by atoms with E-state index in [0.29, 0.717) is 13.2 Å². The van der Waals surface area contributed by atoms with Crippen LogP contribution in [0.4, 0.5) is 0 Å². The molecule has 0 N–H and O–H groups in total. The van der Waals surface area contributed by atoms with Crippen molar-refractivity contribution in [2.24, 2.45) is 0 Å². The van der Waals surface area contributed by atoms with Gasteiger partial charge in [-0.05, 0) is 31.9 Å². The Morgan fingerprint density at radius 2 is 2.21 bits per heavy atom. The monoisotopic (exact) mass is 261 g/mol. The van der Waals surface area contributed by atoms with Gasteiger partial charge in [0.15, 0.2) is 0 Å². The Kier molecular flexibility index (Phi) is 4.59. The third-order valence-electron chi connectivity index (χ3n) is 3.65. The lowest BCUT2D eigenvalue weighted by Crippen LogP contribution is -2.45. The quantitative estimate of drug-likeness (QED) is 0.837. The first kappa shape index (κ1) is 14.1. The van der Waals surface area contributed by atoms with Crippen molar-refractivity contribution >= 4 is 5.91 Å². The van der Waals surface area contributed by atoms with Crippen molar-refractivity contribution in [2.75, 3.05) is 19.7 Å². The predicted octanol–water partition coefficient (Wildman–Crippen LogP) is 2.94. The maximum Gasteiger partial charge on any atom is 0.254 e. The summed E-state index contributed by atoms with van der Waals surface area (Å²) in [5.74, 6) is 0.141. The van der Waals surface area contributed by atoms with Crippen LogP contribution < -0.4 is 0 Å². The fourth-order valence-electron chi connectivity index (χ4n) is 2.62. The summed E-state index contributed by atoms with van der Waals surface area (Å²) >= 11 is 0. The van der Waals surface area contributed by atoms with E-state index in [1.54, 1.807) is 0 Å². The van der Waals surface area contributed by atoms with E-state index >= 15 is 0 Å². The van der Waals surface area contributed by atoms with E-state index < -0.39 is 0 Å². The van der Waals surface area contributed by atoms with Gasteiger partial charge in [-0.3, -0.25) is 4.79 Å². The predicted molar refractivity (Wildman–Crippen MR) is 76.5 cm³/mol. The molecule has 2 rings (SSSR count). The number of ether oxygens (including phenoxy) is 1. The molecule has 1 aromatic carbocycles. The van der Waals surface area contributed by atoms with Crippen molar-refractivity contribution in [1.29, 1.82) is 0 Å². The van der Waals surface area contributed by atoms with Crippen molar-refractivity contribution < 1.29 is 9.53 Å². The summed E-state index contributed by atoms with van der Waals surface area (Å²) in [6, 6.07) is 6.01. The summed E-state index contributed by atoms with van der Waals surface area (Å²) in [7, 11) is 0. The van der Waals surface area contributed by atoms with Crippen LogP contribution >= 0.6 is 0 Å². The molecule has 104 valence electrons. The number of nitrogens with zero attached hydrogens (tertiary/aromatic N) is 1. The van der Waals surface area contributed by atoms with Crippen molar-refractivity contribution in [1.82, 2.24) is 4.90 Å². The van der Waals surface area contributed by atoms with Crippen molar-refractivity contribution in [3.8, 4) is 0 Å². The molecule has 0 bridgehead atoms. The van der Waals surface area contributed by atoms with Gasteiger partial charge < -0.3 is 9.64 Å². The van der Waals surface area contributed by atoms with Crippen molar-refractivity contribution in [2.45, 2.75) is 39.7 Å². The first-order chi connectivity index (χ1) is 9.11. The Labute approximate surface area is 115 Å². The minimum Gasteiger partial charge on any atom is -0.375 e. The number of amides is 1. The molecule has 0 radical (unpaired) electrons. The summed E-state index contributed by atoms with van der Waals surface area (Å²) < 4.78 is 5.69. The number of rotatable bonds is 3. The molecule has 1 amide bonds. The summed E-state index contributed by atoms with van der Waals surface area (Å²) in [4.78, 5) is 14.5. The number of hydrogen-bond donors (Lipinski definition) is 0. The van der Waals surface area contributed by atoms with Crippen LogP contribution in [0.5, 0.6) is 0 Å². The minimum absolute atomic E-state index is 0.141. The second kappa shape index (κ2) is 6.20. The molecule has 1 saturated heterocycles. The van der Waals surface area contributed by atoms with Gasteiger partial charge in [0.25, 0.3) is 5.91 Å². The van der Waals surface area contributed by atoms with E-state index in [-0.39, 0.29) is 12.0 Å². The van der Waals surface area contributed by atoms with E-state index in [9.17, 15) is 4.79 Å². The molecule has 0 unspecified atom stereocenters. The average Bonchev–Trinajstić information content (AvgIpc) is 2.39. The van der Waals surface area contributed by atoms with Gasteiger partial charge in [-0.25, -0.2) is 0 Å².